The minimum Gasteiger partial charge on any atom is -0.497 e. The lowest BCUT2D eigenvalue weighted by atomic mass is 10.2. The molecule has 0 radical (unpaired) electrons. The normalized spacial score (nSPS) is 11.4. The van der Waals surface area contributed by atoms with Gasteiger partial charge in [0.05, 0.1) is 7.11 Å². The average Bonchev–Trinajstić information content (AvgIpc) is 2.37. The van der Waals surface area contributed by atoms with Gasteiger partial charge < -0.3 is 4.74 Å². The van der Waals surface area contributed by atoms with E-state index in [9.17, 15) is 8.42 Å². The highest BCUT2D eigenvalue weighted by atomic mass is 32.2. The summed E-state index contributed by atoms with van der Waals surface area (Å²) in [5.74, 6) is 0.672. The van der Waals surface area contributed by atoms with Crippen LogP contribution in [0.5, 0.6) is 5.75 Å². The van der Waals surface area contributed by atoms with Crippen LogP contribution in [-0.2, 0) is 9.84 Å². The van der Waals surface area contributed by atoms with Gasteiger partial charge in [-0.3, -0.25) is 0 Å². The maximum Gasteiger partial charge on any atom is 0.217 e. The van der Waals surface area contributed by atoms with Crippen LogP contribution >= 0.6 is 0 Å². The predicted octanol–water partition coefficient (Wildman–Crippen LogP) is 2.16. The molecule has 2 rings (SSSR count). The van der Waals surface area contributed by atoms with Crippen LogP contribution < -0.4 is 4.74 Å². The van der Waals surface area contributed by atoms with Crippen LogP contribution in [0.1, 0.15) is 0 Å². The first-order valence-electron chi connectivity index (χ1n) is 4.89. The highest BCUT2D eigenvalue weighted by molar-refractivity contribution is 7.94. The molecule has 1 aromatic heterocycles. The fourth-order valence-electron chi connectivity index (χ4n) is 1.56. The molecule has 2 aromatic rings. The van der Waals surface area contributed by atoms with Crippen molar-refractivity contribution in [2.24, 2.45) is 0 Å². The average molecular weight is 249 g/mol. The molecule has 1 heterocycles. The van der Waals surface area contributed by atoms with Crippen LogP contribution in [0.2, 0.25) is 0 Å². The summed E-state index contributed by atoms with van der Waals surface area (Å²) in [7, 11) is -1.97. The highest BCUT2D eigenvalue weighted by Crippen LogP contribution is 2.25. The summed E-state index contributed by atoms with van der Waals surface area (Å²) in [6, 6.07) is 6.88. The van der Waals surface area contributed by atoms with E-state index in [0.29, 0.717) is 11.1 Å². The van der Waals surface area contributed by atoms with Gasteiger partial charge in [0, 0.05) is 17.0 Å². The number of hydrogen-bond acceptors (Lipinski definition) is 4. The van der Waals surface area contributed by atoms with Crippen molar-refractivity contribution in [3.8, 4) is 5.75 Å². The Morgan fingerprint density at radius 2 is 2.12 bits per heavy atom. The van der Waals surface area contributed by atoms with Crippen molar-refractivity contribution in [3.05, 3.63) is 42.4 Å². The van der Waals surface area contributed by atoms with Gasteiger partial charge in [-0.05, 0) is 29.7 Å². The molecule has 0 spiro atoms. The standard InChI is InChI=1S/C12H11NO3S/c1-3-17(14,15)12-11-5-4-10(16-2)8-9(11)6-7-13-12/h3-8H,1H2,2H3. The molecule has 0 fully saturated rings. The fourth-order valence-corrected chi connectivity index (χ4v) is 2.42. The summed E-state index contributed by atoms with van der Waals surface area (Å²) < 4.78 is 28.6. The summed E-state index contributed by atoms with van der Waals surface area (Å²) in [6.07, 6.45) is 1.46. The van der Waals surface area contributed by atoms with E-state index in [1.54, 1.807) is 31.4 Å². The van der Waals surface area contributed by atoms with Crippen molar-refractivity contribution in [1.29, 1.82) is 0 Å². The molecule has 0 saturated carbocycles. The lowest BCUT2D eigenvalue weighted by molar-refractivity contribution is 0.415. The Hall–Kier alpha value is -1.88. The van der Waals surface area contributed by atoms with E-state index < -0.39 is 9.84 Å². The number of sulfone groups is 1. The third-order valence-corrected chi connectivity index (χ3v) is 3.73. The Labute approximate surface area is 99.5 Å². The zero-order chi connectivity index (χ0) is 12.5. The molecular weight excluding hydrogens is 238 g/mol. The molecular formula is C12H11NO3S. The van der Waals surface area contributed by atoms with Gasteiger partial charge >= 0.3 is 0 Å². The van der Waals surface area contributed by atoms with Gasteiger partial charge in [0.1, 0.15) is 5.75 Å². The minimum absolute atomic E-state index is 0.0210. The predicted molar refractivity (Wildman–Crippen MR) is 65.7 cm³/mol. The van der Waals surface area contributed by atoms with Gasteiger partial charge in [-0.25, -0.2) is 13.4 Å². The van der Waals surface area contributed by atoms with Crippen molar-refractivity contribution in [3.63, 3.8) is 0 Å². The number of pyridine rings is 1. The zero-order valence-electron chi connectivity index (χ0n) is 9.25. The van der Waals surface area contributed by atoms with Gasteiger partial charge in [-0.2, -0.15) is 0 Å². The highest BCUT2D eigenvalue weighted by Gasteiger charge is 2.15. The second kappa shape index (κ2) is 4.18. The second-order valence-corrected chi connectivity index (χ2v) is 5.22. The van der Waals surface area contributed by atoms with E-state index in [0.717, 1.165) is 10.8 Å². The summed E-state index contributed by atoms with van der Waals surface area (Å²) in [5, 5.41) is 2.25. The second-order valence-electron chi connectivity index (χ2n) is 3.41. The van der Waals surface area contributed by atoms with Gasteiger partial charge in [0.2, 0.25) is 9.84 Å². The lowest BCUT2D eigenvalue weighted by Crippen LogP contribution is -2.00. The molecule has 17 heavy (non-hydrogen) atoms. The molecule has 5 heteroatoms. The number of rotatable bonds is 3. The molecule has 0 aliphatic rings. The monoisotopic (exact) mass is 249 g/mol. The van der Waals surface area contributed by atoms with E-state index in [4.69, 9.17) is 4.74 Å². The Bertz CT molecular complexity index is 677. The van der Waals surface area contributed by atoms with Crippen LogP contribution in [0, 0.1) is 0 Å². The van der Waals surface area contributed by atoms with Crippen LogP contribution in [0.3, 0.4) is 0 Å². The van der Waals surface area contributed by atoms with E-state index >= 15 is 0 Å². The summed E-state index contributed by atoms with van der Waals surface area (Å²) in [6.45, 7) is 3.30. The largest absolute Gasteiger partial charge is 0.497 e. The van der Waals surface area contributed by atoms with Crippen LogP contribution in [0.4, 0.5) is 0 Å². The number of ether oxygens (including phenoxy) is 1. The zero-order valence-corrected chi connectivity index (χ0v) is 10.1. The third-order valence-electron chi connectivity index (χ3n) is 2.42. The first-order chi connectivity index (χ1) is 8.08. The summed E-state index contributed by atoms with van der Waals surface area (Å²) in [5.41, 5.74) is 0. The number of nitrogens with zero attached hydrogens (tertiary/aromatic N) is 1. The van der Waals surface area contributed by atoms with E-state index in [1.807, 2.05) is 0 Å². The van der Waals surface area contributed by atoms with Crippen molar-refractivity contribution in [2.45, 2.75) is 5.03 Å². The van der Waals surface area contributed by atoms with Crippen LogP contribution in [0.25, 0.3) is 10.8 Å². The first kappa shape index (κ1) is 11.6. The number of methoxy groups -OCH3 is 1. The van der Waals surface area contributed by atoms with E-state index in [-0.39, 0.29) is 5.03 Å². The Kier molecular flexibility index (Phi) is 2.85. The topological polar surface area (TPSA) is 56.3 Å². The number of hydrogen-bond donors (Lipinski definition) is 0. The number of benzene rings is 1. The van der Waals surface area contributed by atoms with Crippen LogP contribution in [0.15, 0.2) is 47.5 Å². The molecule has 0 saturated heterocycles. The van der Waals surface area contributed by atoms with Gasteiger partial charge in [-0.1, -0.05) is 6.58 Å². The van der Waals surface area contributed by atoms with E-state index in [1.165, 1.54) is 6.20 Å². The van der Waals surface area contributed by atoms with E-state index in [2.05, 4.69) is 11.6 Å². The molecule has 0 aliphatic heterocycles. The number of fused-ring (bicyclic) bond motifs is 1. The molecule has 0 N–H and O–H groups in total. The molecule has 0 unspecified atom stereocenters. The lowest BCUT2D eigenvalue weighted by Gasteiger charge is -2.05. The van der Waals surface area contributed by atoms with Gasteiger partial charge in [0.25, 0.3) is 0 Å². The van der Waals surface area contributed by atoms with Crippen molar-refractivity contribution < 1.29 is 13.2 Å². The minimum atomic E-state index is -3.53. The smallest absolute Gasteiger partial charge is 0.217 e. The quantitative estimate of drug-likeness (QED) is 0.836. The number of aromatic nitrogens is 1. The molecule has 4 nitrogen and oxygen atoms in total. The Balaban J connectivity index is 2.80. The van der Waals surface area contributed by atoms with Crippen molar-refractivity contribution >= 4 is 20.6 Å². The SMILES string of the molecule is C=CS(=O)(=O)c1nccc2cc(OC)ccc12. The molecule has 1 aromatic carbocycles. The van der Waals surface area contributed by atoms with Gasteiger partial charge in [0.15, 0.2) is 5.03 Å². The molecule has 0 bridgehead atoms. The van der Waals surface area contributed by atoms with Gasteiger partial charge in [-0.15, -0.1) is 0 Å². The Morgan fingerprint density at radius 1 is 1.35 bits per heavy atom. The summed E-state index contributed by atoms with van der Waals surface area (Å²) in [4.78, 5) is 3.90. The third kappa shape index (κ3) is 2.01. The van der Waals surface area contributed by atoms with Crippen molar-refractivity contribution in [1.82, 2.24) is 4.98 Å². The molecule has 0 atom stereocenters. The molecule has 88 valence electrons. The molecule has 0 amide bonds. The Morgan fingerprint density at radius 3 is 2.76 bits per heavy atom. The molecule has 0 aliphatic carbocycles. The maximum absolute atomic E-state index is 11.8. The van der Waals surface area contributed by atoms with Crippen LogP contribution in [-0.4, -0.2) is 20.5 Å². The fraction of sp³-hybridized carbons (Fsp3) is 0.0833. The summed E-state index contributed by atoms with van der Waals surface area (Å²) >= 11 is 0. The maximum atomic E-state index is 11.8. The van der Waals surface area contributed by atoms with Crippen molar-refractivity contribution in [2.75, 3.05) is 7.11 Å². The first-order valence-corrected chi connectivity index (χ1v) is 6.43.